The van der Waals surface area contributed by atoms with Crippen molar-refractivity contribution in [3.8, 4) is 5.75 Å². The molecule has 2 rings (SSSR count). The number of esters is 1. The van der Waals surface area contributed by atoms with Gasteiger partial charge in [-0.3, -0.25) is 0 Å². The van der Waals surface area contributed by atoms with Gasteiger partial charge in [0.15, 0.2) is 0 Å². The first-order valence-corrected chi connectivity index (χ1v) is 8.44. The van der Waals surface area contributed by atoms with Gasteiger partial charge < -0.3 is 14.7 Å². The van der Waals surface area contributed by atoms with Crippen LogP contribution in [0.4, 0.5) is 5.69 Å². The number of phenols is 1. The molecular formula is C21H27NO3. The van der Waals surface area contributed by atoms with E-state index in [0.717, 1.165) is 5.56 Å². The topological polar surface area (TPSA) is 49.8 Å². The van der Waals surface area contributed by atoms with Crippen LogP contribution in [0.1, 0.15) is 40.2 Å². The molecule has 0 unspecified atom stereocenters. The summed E-state index contributed by atoms with van der Waals surface area (Å²) in [5, 5.41) is 10.3. The number of carbonyl (C=O) groups is 1. The third kappa shape index (κ3) is 4.75. The number of hydrogen-bond acceptors (Lipinski definition) is 4. The second kappa shape index (κ2) is 7.18. The monoisotopic (exact) mass is 341 g/mol. The predicted molar refractivity (Wildman–Crippen MR) is 101 cm³/mol. The maximum atomic E-state index is 12.9. The predicted octanol–water partition coefficient (Wildman–Crippen LogP) is 4.52. The third-order valence-electron chi connectivity index (χ3n) is 3.93. The molecule has 4 nitrogen and oxygen atoms in total. The molecule has 0 aliphatic heterocycles. The first-order chi connectivity index (χ1) is 11.6. The van der Waals surface area contributed by atoms with Gasteiger partial charge in [-0.05, 0) is 52.3 Å². The summed E-state index contributed by atoms with van der Waals surface area (Å²) in [5.41, 5.74) is 0.109. The van der Waals surface area contributed by atoms with Crippen molar-refractivity contribution in [2.24, 2.45) is 0 Å². The Balaban J connectivity index is 2.43. The van der Waals surface area contributed by atoms with E-state index in [4.69, 9.17) is 4.74 Å². The Morgan fingerprint density at radius 1 is 0.960 bits per heavy atom. The maximum absolute atomic E-state index is 12.9. The summed E-state index contributed by atoms with van der Waals surface area (Å²) in [6.07, 6.45) is 0. The Bertz CT molecular complexity index is 717. The molecule has 0 radical (unpaired) electrons. The second-order valence-electron chi connectivity index (χ2n) is 7.62. The van der Waals surface area contributed by atoms with Crippen LogP contribution in [0, 0.1) is 0 Å². The van der Waals surface area contributed by atoms with Crippen LogP contribution in [0.15, 0.2) is 54.6 Å². The van der Waals surface area contributed by atoms with Gasteiger partial charge >= 0.3 is 5.97 Å². The van der Waals surface area contributed by atoms with Crippen molar-refractivity contribution in [2.45, 2.75) is 52.3 Å². The Kier molecular flexibility index (Phi) is 5.41. The van der Waals surface area contributed by atoms with Crippen molar-refractivity contribution in [3.05, 3.63) is 60.2 Å². The number of para-hydroxylation sites is 2. The minimum absolute atomic E-state index is 0.134. The Morgan fingerprint density at radius 2 is 1.52 bits per heavy atom. The van der Waals surface area contributed by atoms with E-state index in [1.807, 2.05) is 82.0 Å². The van der Waals surface area contributed by atoms with Gasteiger partial charge in [0.1, 0.15) is 16.9 Å². The Hall–Kier alpha value is -2.49. The zero-order chi connectivity index (χ0) is 18.7. The lowest BCUT2D eigenvalue weighted by Gasteiger charge is -2.40. The van der Waals surface area contributed by atoms with E-state index in [0.29, 0.717) is 12.2 Å². The fourth-order valence-corrected chi connectivity index (χ4v) is 2.56. The van der Waals surface area contributed by atoms with Gasteiger partial charge in [-0.2, -0.15) is 0 Å². The number of aromatic hydroxyl groups is 1. The maximum Gasteiger partial charge on any atom is 0.331 e. The first-order valence-electron chi connectivity index (χ1n) is 8.44. The molecular weight excluding hydrogens is 314 g/mol. The molecule has 25 heavy (non-hydrogen) atoms. The molecule has 134 valence electrons. The fourth-order valence-electron chi connectivity index (χ4n) is 2.56. The largest absolute Gasteiger partial charge is 0.506 e. The van der Waals surface area contributed by atoms with E-state index >= 15 is 0 Å². The van der Waals surface area contributed by atoms with Crippen molar-refractivity contribution in [3.63, 3.8) is 0 Å². The summed E-state index contributed by atoms with van der Waals surface area (Å²) in [7, 11) is 0. The number of rotatable bonds is 5. The van der Waals surface area contributed by atoms with Crippen LogP contribution < -0.4 is 4.90 Å². The van der Waals surface area contributed by atoms with Crippen molar-refractivity contribution in [1.82, 2.24) is 0 Å². The molecule has 0 aliphatic carbocycles. The van der Waals surface area contributed by atoms with E-state index in [1.165, 1.54) is 0 Å². The van der Waals surface area contributed by atoms with Crippen LogP contribution in [0.2, 0.25) is 0 Å². The van der Waals surface area contributed by atoms with Crippen LogP contribution >= 0.6 is 0 Å². The molecule has 0 aliphatic rings. The van der Waals surface area contributed by atoms with E-state index in [-0.39, 0.29) is 11.7 Å². The van der Waals surface area contributed by atoms with Crippen LogP contribution in [-0.2, 0) is 16.1 Å². The van der Waals surface area contributed by atoms with Crippen LogP contribution in [0.25, 0.3) is 0 Å². The Morgan fingerprint density at radius 3 is 2.08 bits per heavy atom. The summed E-state index contributed by atoms with van der Waals surface area (Å²) in [6, 6.07) is 16.9. The average Bonchev–Trinajstić information content (AvgIpc) is 2.52. The molecule has 0 atom stereocenters. The smallest absolute Gasteiger partial charge is 0.331 e. The fraction of sp³-hybridized carbons (Fsp3) is 0.381. The first kappa shape index (κ1) is 18.8. The van der Waals surface area contributed by atoms with Gasteiger partial charge in [-0.25, -0.2) is 4.79 Å². The number of ether oxygens (including phenoxy) is 1. The molecule has 0 amide bonds. The summed E-state index contributed by atoms with van der Waals surface area (Å²) >= 11 is 0. The third-order valence-corrected chi connectivity index (χ3v) is 3.93. The molecule has 0 bridgehead atoms. The van der Waals surface area contributed by atoms with Gasteiger partial charge in [-0.15, -0.1) is 0 Å². The average molecular weight is 341 g/mol. The molecule has 4 heteroatoms. The molecule has 0 saturated heterocycles. The molecule has 0 spiro atoms. The summed E-state index contributed by atoms with van der Waals surface area (Å²) in [5.74, 6) is -0.200. The summed E-state index contributed by atoms with van der Waals surface area (Å²) in [4.78, 5) is 14.7. The number of hydrogen-bond donors (Lipinski definition) is 1. The quantitative estimate of drug-likeness (QED) is 0.813. The molecule has 2 aromatic rings. The van der Waals surface area contributed by atoms with Crippen LogP contribution in [-0.4, -0.2) is 22.2 Å². The minimum atomic E-state index is -0.956. The SMILES string of the molecule is CC(C)(C)OC(=O)C(C)(C)N(Cc1ccccc1)c1ccccc1O. The number of nitrogens with zero attached hydrogens (tertiary/aromatic N) is 1. The highest BCUT2D eigenvalue weighted by atomic mass is 16.6. The van der Waals surface area contributed by atoms with E-state index in [1.54, 1.807) is 12.1 Å². The van der Waals surface area contributed by atoms with Crippen LogP contribution in [0.3, 0.4) is 0 Å². The lowest BCUT2D eigenvalue weighted by molar-refractivity contribution is -0.160. The normalized spacial score (nSPS) is 11.9. The summed E-state index contributed by atoms with van der Waals surface area (Å²) < 4.78 is 5.62. The van der Waals surface area contributed by atoms with Gasteiger partial charge in [0.05, 0.1) is 5.69 Å². The zero-order valence-corrected chi connectivity index (χ0v) is 15.6. The van der Waals surface area contributed by atoms with Crippen LogP contribution in [0.5, 0.6) is 5.75 Å². The minimum Gasteiger partial charge on any atom is -0.506 e. The van der Waals surface area contributed by atoms with Crippen molar-refractivity contribution in [2.75, 3.05) is 4.90 Å². The highest BCUT2D eigenvalue weighted by molar-refractivity contribution is 5.85. The highest BCUT2D eigenvalue weighted by Gasteiger charge is 2.39. The molecule has 0 aromatic heterocycles. The zero-order valence-electron chi connectivity index (χ0n) is 15.6. The van der Waals surface area contributed by atoms with E-state index < -0.39 is 11.1 Å². The van der Waals surface area contributed by atoms with Gasteiger partial charge in [-0.1, -0.05) is 42.5 Å². The lowest BCUT2D eigenvalue weighted by atomic mass is 9.99. The van der Waals surface area contributed by atoms with Gasteiger partial charge in [0.2, 0.25) is 0 Å². The lowest BCUT2D eigenvalue weighted by Crippen LogP contribution is -2.52. The highest BCUT2D eigenvalue weighted by Crippen LogP contribution is 2.34. The molecule has 0 saturated carbocycles. The van der Waals surface area contributed by atoms with E-state index in [2.05, 4.69) is 0 Å². The van der Waals surface area contributed by atoms with Crippen molar-refractivity contribution >= 4 is 11.7 Å². The molecule has 0 heterocycles. The van der Waals surface area contributed by atoms with Gasteiger partial charge in [0, 0.05) is 6.54 Å². The number of carbonyl (C=O) groups excluding carboxylic acids is 1. The molecule has 2 aromatic carbocycles. The van der Waals surface area contributed by atoms with Crippen molar-refractivity contribution < 1.29 is 14.6 Å². The molecule has 1 N–H and O–H groups in total. The number of anilines is 1. The van der Waals surface area contributed by atoms with Crippen molar-refractivity contribution in [1.29, 1.82) is 0 Å². The number of benzene rings is 2. The summed E-state index contributed by atoms with van der Waals surface area (Å²) in [6.45, 7) is 9.66. The standard InChI is InChI=1S/C21H27NO3/c1-20(2,3)25-19(24)21(4,5)22(15-16-11-7-6-8-12-16)17-13-9-10-14-18(17)23/h6-14,23H,15H2,1-5H3. The Labute approximate surface area is 150 Å². The van der Waals surface area contributed by atoms with Gasteiger partial charge in [0.25, 0.3) is 0 Å². The number of phenolic OH excluding ortho intramolecular Hbond substituents is 1. The second-order valence-corrected chi connectivity index (χ2v) is 7.62. The van der Waals surface area contributed by atoms with E-state index in [9.17, 15) is 9.90 Å². The molecule has 0 fully saturated rings.